The van der Waals surface area contributed by atoms with Crippen molar-refractivity contribution in [3.05, 3.63) is 36.0 Å². The molecule has 0 radical (unpaired) electrons. The summed E-state index contributed by atoms with van der Waals surface area (Å²) in [6.45, 7) is 0. The van der Waals surface area contributed by atoms with Crippen LogP contribution in [-0.4, -0.2) is 40.7 Å². The largest absolute Gasteiger partial charge is 0.497 e. The molecule has 0 amide bonds. The molecule has 2 aromatic rings. The van der Waals surface area contributed by atoms with Crippen LogP contribution in [0, 0.1) is 0 Å². The maximum Gasteiger partial charge on any atom is 0.394 e. The fourth-order valence-electron chi connectivity index (χ4n) is 1.44. The van der Waals surface area contributed by atoms with Gasteiger partial charge >= 0.3 is 16.4 Å². The summed E-state index contributed by atoms with van der Waals surface area (Å²) in [6.07, 6.45) is 1.48. The highest BCUT2D eigenvalue weighted by Gasteiger charge is 2.09. The second kappa shape index (κ2) is 6.28. The van der Waals surface area contributed by atoms with Crippen molar-refractivity contribution in [2.75, 3.05) is 7.11 Å². The predicted molar refractivity (Wildman–Crippen MR) is 69.4 cm³/mol. The zero-order valence-corrected chi connectivity index (χ0v) is 11.0. The first-order valence-corrected chi connectivity index (χ1v) is 6.48. The van der Waals surface area contributed by atoms with E-state index >= 15 is 0 Å². The number of hydrogen-bond donors (Lipinski definition) is 3. The second-order valence-electron chi connectivity index (χ2n) is 3.49. The molecule has 3 N–H and O–H groups in total. The SMILES string of the molecule is COc1ccc2nccc(C(=O)O)c2c1.O=S(=O)(O)O. The van der Waals surface area contributed by atoms with Gasteiger partial charge in [0.1, 0.15) is 5.75 Å². The van der Waals surface area contributed by atoms with Crippen LogP contribution < -0.4 is 4.74 Å². The summed E-state index contributed by atoms with van der Waals surface area (Å²) in [5.41, 5.74) is 0.884. The summed E-state index contributed by atoms with van der Waals surface area (Å²) in [5.74, 6) is -0.339. The summed E-state index contributed by atoms with van der Waals surface area (Å²) in [5, 5.41) is 9.57. The molecule has 0 aliphatic carbocycles. The molecule has 20 heavy (non-hydrogen) atoms. The number of benzene rings is 1. The van der Waals surface area contributed by atoms with E-state index in [0.717, 1.165) is 0 Å². The second-order valence-corrected chi connectivity index (χ2v) is 4.39. The molecule has 1 heterocycles. The number of ether oxygens (including phenoxy) is 1. The minimum Gasteiger partial charge on any atom is -0.497 e. The van der Waals surface area contributed by atoms with Gasteiger partial charge in [0.25, 0.3) is 0 Å². The smallest absolute Gasteiger partial charge is 0.394 e. The lowest BCUT2D eigenvalue weighted by molar-refractivity contribution is 0.0699. The van der Waals surface area contributed by atoms with Crippen molar-refractivity contribution >= 4 is 27.3 Å². The molecule has 0 saturated heterocycles. The van der Waals surface area contributed by atoms with E-state index in [-0.39, 0.29) is 5.56 Å². The summed E-state index contributed by atoms with van der Waals surface area (Å²) in [7, 11) is -3.13. The Bertz CT molecular complexity index is 719. The lowest BCUT2D eigenvalue weighted by Gasteiger charge is -2.04. The Morgan fingerprint density at radius 1 is 1.25 bits per heavy atom. The number of aromatic carboxylic acids is 1. The number of carboxylic acids is 1. The first-order chi connectivity index (χ1) is 9.22. The van der Waals surface area contributed by atoms with Gasteiger partial charge in [-0.2, -0.15) is 8.42 Å². The van der Waals surface area contributed by atoms with E-state index in [1.807, 2.05) is 0 Å². The van der Waals surface area contributed by atoms with Crippen molar-refractivity contribution in [1.82, 2.24) is 4.98 Å². The summed E-state index contributed by atoms with van der Waals surface area (Å²) >= 11 is 0. The highest BCUT2D eigenvalue weighted by Crippen LogP contribution is 2.22. The molecule has 9 heteroatoms. The molecule has 108 valence electrons. The first-order valence-electron chi connectivity index (χ1n) is 5.08. The van der Waals surface area contributed by atoms with Gasteiger partial charge in [0.15, 0.2) is 0 Å². The van der Waals surface area contributed by atoms with Gasteiger partial charge in [-0.3, -0.25) is 14.1 Å². The number of carboxylic acid groups (broad SMARTS) is 1. The maximum atomic E-state index is 10.9. The van der Waals surface area contributed by atoms with Crippen LogP contribution in [0.3, 0.4) is 0 Å². The molecule has 0 fully saturated rings. The maximum absolute atomic E-state index is 10.9. The van der Waals surface area contributed by atoms with Gasteiger partial charge in [0.05, 0.1) is 18.2 Å². The molecule has 0 bridgehead atoms. The number of pyridine rings is 1. The number of nitrogens with zero attached hydrogens (tertiary/aromatic N) is 1. The van der Waals surface area contributed by atoms with Crippen molar-refractivity contribution in [3.63, 3.8) is 0 Å². The van der Waals surface area contributed by atoms with Crippen LogP contribution in [0.4, 0.5) is 0 Å². The van der Waals surface area contributed by atoms with E-state index in [4.69, 9.17) is 27.4 Å². The van der Waals surface area contributed by atoms with Crippen LogP contribution in [-0.2, 0) is 10.4 Å². The number of carbonyl (C=O) groups is 1. The standard InChI is InChI=1S/C11H9NO3.H2O4S/c1-15-7-2-3-10-9(6-7)8(11(13)14)4-5-12-10;1-5(2,3)4/h2-6H,1H3,(H,13,14);(H2,1,2,3,4). The monoisotopic (exact) mass is 301 g/mol. The number of fused-ring (bicyclic) bond motifs is 1. The van der Waals surface area contributed by atoms with Crippen molar-refractivity contribution < 1.29 is 32.2 Å². The number of rotatable bonds is 2. The Morgan fingerprint density at radius 3 is 2.35 bits per heavy atom. The van der Waals surface area contributed by atoms with Crippen LogP contribution in [0.5, 0.6) is 5.75 Å². The molecule has 1 aromatic heterocycles. The van der Waals surface area contributed by atoms with Crippen LogP contribution in [0.25, 0.3) is 10.9 Å². The van der Waals surface area contributed by atoms with Crippen molar-refractivity contribution in [1.29, 1.82) is 0 Å². The molecular weight excluding hydrogens is 290 g/mol. The van der Waals surface area contributed by atoms with Gasteiger partial charge in [-0.15, -0.1) is 0 Å². The average molecular weight is 301 g/mol. The molecule has 0 unspecified atom stereocenters. The fraction of sp³-hybridized carbons (Fsp3) is 0.0909. The minimum atomic E-state index is -4.67. The highest BCUT2D eigenvalue weighted by atomic mass is 32.3. The number of aromatic nitrogens is 1. The molecule has 1 aromatic carbocycles. The third kappa shape index (κ3) is 4.80. The van der Waals surface area contributed by atoms with E-state index in [1.54, 1.807) is 18.2 Å². The van der Waals surface area contributed by atoms with Crippen LogP contribution in [0.1, 0.15) is 10.4 Å². The molecular formula is C11H11NO7S. The van der Waals surface area contributed by atoms with E-state index in [0.29, 0.717) is 16.7 Å². The van der Waals surface area contributed by atoms with Gasteiger partial charge in [-0.1, -0.05) is 0 Å². The van der Waals surface area contributed by atoms with Gasteiger partial charge < -0.3 is 9.84 Å². The van der Waals surface area contributed by atoms with Crippen LogP contribution in [0.15, 0.2) is 30.5 Å². The zero-order valence-electron chi connectivity index (χ0n) is 10.2. The van der Waals surface area contributed by atoms with Gasteiger partial charge in [-0.25, -0.2) is 4.79 Å². The van der Waals surface area contributed by atoms with E-state index in [2.05, 4.69) is 4.98 Å². The third-order valence-electron chi connectivity index (χ3n) is 2.18. The van der Waals surface area contributed by atoms with Gasteiger partial charge in [0.2, 0.25) is 0 Å². The van der Waals surface area contributed by atoms with E-state index in [1.165, 1.54) is 19.4 Å². The quantitative estimate of drug-likeness (QED) is 0.706. The zero-order chi connectivity index (χ0) is 15.3. The number of methoxy groups -OCH3 is 1. The lowest BCUT2D eigenvalue weighted by Crippen LogP contribution is -1.98. The Morgan fingerprint density at radius 2 is 1.85 bits per heavy atom. The van der Waals surface area contributed by atoms with Crippen LogP contribution in [0.2, 0.25) is 0 Å². The lowest BCUT2D eigenvalue weighted by atomic mass is 10.1. The molecule has 2 rings (SSSR count). The third-order valence-corrected chi connectivity index (χ3v) is 2.18. The Balaban J connectivity index is 0.000000347. The molecule has 8 nitrogen and oxygen atoms in total. The fourth-order valence-corrected chi connectivity index (χ4v) is 1.44. The Hall–Kier alpha value is -2.23. The molecule has 0 spiro atoms. The molecule has 0 aliphatic heterocycles. The Kier molecular flexibility index (Phi) is 4.97. The minimum absolute atomic E-state index is 0.235. The molecule has 0 aliphatic rings. The van der Waals surface area contributed by atoms with Gasteiger partial charge in [-0.05, 0) is 24.3 Å². The predicted octanol–water partition coefficient (Wildman–Crippen LogP) is 1.29. The van der Waals surface area contributed by atoms with Crippen molar-refractivity contribution in [3.8, 4) is 5.75 Å². The topological polar surface area (TPSA) is 134 Å². The summed E-state index contributed by atoms with van der Waals surface area (Å²) < 4.78 is 36.6. The number of hydrogen-bond acceptors (Lipinski definition) is 5. The summed E-state index contributed by atoms with van der Waals surface area (Å²) in [4.78, 5) is 15.0. The van der Waals surface area contributed by atoms with Crippen LogP contribution >= 0.6 is 0 Å². The molecule has 0 atom stereocenters. The van der Waals surface area contributed by atoms with E-state index in [9.17, 15) is 4.79 Å². The van der Waals surface area contributed by atoms with Crippen molar-refractivity contribution in [2.24, 2.45) is 0 Å². The molecule has 0 saturated carbocycles. The summed E-state index contributed by atoms with van der Waals surface area (Å²) in [6, 6.07) is 6.64. The highest BCUT2D eigenvalue weighted by molar-refractivity contribution is 7.79. The Labute approximate surface area is 114 Å². The first kappa shape index (κ1) is 15.8. The van der Waals surface area contributed by atoms with Gasteiger partial charge in [0, 0.05) is 11.6 Å². The van der Waals surface area contributed by atoms with Crippen molar-refractivity contribution in [2.45, 2.75) is 0 Å². The average Bonchev–Trinajstić information content (AvgIpc) is 2.35. The normalized spacial score (nSPS) is 10.6. The van der Waals surface area contributed by atoms with E-state index < -0.39 is 16.4 Å².